The number of fused-ring (bicyclic) bond motifs is 1. The van der Waals surface area contributed by atoms with Crippen molar-refractivity contribution in [1.82, 2.24) is 19.3 Å². The summed E-state index contributed by atoms with van der Waals surface area (Å²) >= 11 is 7.83. The van der Waals surface area contributed by atoms with Gasteiger partial charge in [0.25, 0.3) is 0 Å². The van der Waals surface area contributed by atoms with Crippen LogP contribution in [0.1, 0.15) is 30.4 Å². The smallest absolute Gasteiger partial charge is 0.158 e. The molecule has 112 valence electrons. The SMILES string of the molecule is CCCc1nn(C)c2c1nc(CCl)n2CCc1ccsc1. The first-order chi connectivity index (χ1) is 10.2. The molecule has 0 aromatic carbocycles. The summed E-state index contributed by atoms with van der Waals surface area (Å²) in [5.41, 5.74) is 4.54. The maximum Gasteiger partial charge on any atom is 0.158 e. The van der Waals surface area contributed by atoms with Gasteiger partial charge in [0.15, 0.2) is 5.65 Å². The van der Waals surface area contributed by atoms with Gasteiger partial charge < -0.3 is 4.57 Å². The standard InChI is InChI=1S/C15H19ClN4S/c1-3-4-12-14-15(19(2)18-12)20(13(9-16)17-14)7-5-11-6-8-21-10-11/h6,8,10H,3-5,7,9H2,1-2H3. The summed E-state index contributed by atoms with van der Waals surface area (Å²) < 4.78 is 4.16. The van der Waals surface area contributed by atoms with Crippen molar-refractivity contribution >= 4 is 34.1 Å². The second-order valence-electron chi connectivity index (χ2n) is 5.19. The van der Waals surface area contributed by atoms with Gasteiger partial charge in [-0.2, -0.15) is 16.4 Å². The Morgan fingerprint density at radius 2 is 2.19 bits per heavy atom. The van der Waals surface area contributed by atoms with E-state index in [0.29, 0.717) is 5.88 Å². The fourth-order valence-electron chi connectivity index (χ4n) is 2.70. The number of aromatic nitrogens is 4. The summed E-state index contributed by atoms with van der Waals surface area (Å²) in [4.78, 5) is 4.72. The lowest BCUT2D eigenvalue weighted by Crippen LogP contribution is -2.08. The summed E-state index contributed by atoms with van der Waals surface area (Å²) in [5, 5.41) is 8.92. The quantitative estimate of drug-likeness (QED) is 0.648. The second-order valence-corrected chi connectivity index (χ2v) is 6.23. The fourth-order valence-corrected chi connectivity index (χ4v) is 3.61. The van der Waals surface area contributed by atoms with Crippen molar-refractivity contribution in [2.75, 3.05) is 0 Å². The third-order valence-corrected chi connectivity index (χ3v) is 4.65. The highest BCUT2D eigenvalue weighted by Crippen LogP contribution is 2.22. The molecule has 3 rings (SSSR count). The Morgan fingerprint density at radius 3 is 2.86 bits per heavy atom. The summed E-state index contributed by atoms with van der Waals surface area (Å²) in [6, 6.07) is 2.17. The first-order valence-electron chi connectivity index (χ1n) is 7.22. The molecular formula is C15H19ClN4S. The monoisotopic (exact) mass is 322 g/mol. The van der Waals surface area contributed by atoms with Crippen LogP contribution in [-0.4, -0.2) is 19.3 Å². The maximum absolute atomic E-state index is 6.09. The van der Waals surface area contributed by atoms with Crippen molar-refractivity contribution in [3.63, 3.8) is 0 Å². The molecule has 3 aromatic heterocycles. The number of aryl methyl sites for hydroxylation is 4. The third-order valence-electron chi connectivity index (χ3n) is 3.68. The molecule has 0 aliphatic rings. The van der Waals surface area contributed by atoms with E-state index < -0.39 is 0 Å². The maximum atomic E-state index is 6.09. The van der Waals surface area contributed by atoms with Crippen molar-refractivity contribution in [1.29, 1.82) is 0 Å². The molecule has 21 heavy (non-hydrogen) atoms. The normalized spacial score (nSPS) is 11.6. The van der Waals surface area contributed by atoms with Crippen LogP contribution >= 0.6 is 22.9 Å². The van der Waals surface area contributed by atoms with E-state index in [1.165, 1.54) is 5.56 Å². The largest absolute Gasteiger partial charge is 0.312 e. The molecule has 0 saturated carbocycles. The number of thiophene rings is 1. The lowest BCUT2D eigenvalue weighted by molar-refractivity contribution is 0.648. The molecule has 0 aliphatic heterocycles. The molecule has 0 fully saturated rings. The van der Waals surface area contributed by atoms with Gasteiger partial charge >= 0.3 is 0 Å². The molecule has 0 N–H and O–H groups in total. The first kappa shape index (κ1) is 14.6. The summed E-state index contributed by atoms with van der Waals surface area (Å²) in [6.45, 7) is 3.05. The van der Waals surface area contributed by atoms with Crippen LogP contribution in [0, 0.1) is 0 Å². The lowest BCUT2D eigenvalue weighted by Gasteiger charge is -2.07. The van der Waals surface area contributed by atoms with E-state index in [1.807, 2.05) is 11.7 Å². The molecule has 3 heterocycles. The van der Waals surface area contributed by atoms with E-state index in [0.717, 1.165) is 48.5 Å². The molecule has 0 atom stereocenters. The van der Waals surface area contributed by atoms with Gasteiger partial charge in [-0.05, 0) is 35.2 Å². The Bertz CT molecular complexity index is 727. The number of hydrogen-bond acceptors (Lipinski definition) is 3. The van der Waals surface area contributed by atoms with Crippen LogP contribution in [0.15, 0.2) is 16.8 Å². The van der Waals surface area contributed by atoms with Crippen LogP contribution < -0.4 is 0 Å². The van der Waals surface area contributed by atoms with E-state index in [-0.39, 0.29) is 0 Å². The Hall–Kier alpha value is -1.33. The number of alkyl halides is 1. The van der Waals surface area contributed by atoms with Crippen LogP contribution in [0.25, 0.3) is 11.2 Å². The number of halogens is 1. The number of nitrogens with zero attached hydrogens (tertiary/aromatic N) is 4. The van der Waals surface area contributed by atoms with Crippen molar-refractivity contribution in [2.45, 2.75) is 38.6 Å². The van der Waals surface area contributed by atoms with E-state index in [4.69, 9.17) is 16.6 Å². The van der Waals surface area contributed by atoms with Crippen LogP contribution in [0.5, 0.6) is 0 Å². The van der Waals surface area contributed by atoms with Crippen LogP contribution in [0.3, 0.4) is 0 Å². The predicted octanol–water partition coefficient (Wildman–Crippen LogP) is 3.77. The molecule has 0 saturated heterocycles. The highest BCUT2D eigenvalue weighted by atomic mass is 35.5. The average Bonchev–Trinajstić information content (AvgIpc) is 3.16. The van der Waals surface area contributed by atoms with Gasteiger partial charge in [-0.1, -0.05) is 13.3 Å². The molecule has 3 aromatic rings. The Balaban J connectivity index is 1.99. The number of rotatable bonds is 6. The molecule has 0 bridgehead atoms. The topological polar surface area (TPSA) is 35.6 Å². The van der Waals surface area contributed by atoms with Gasteiger partial charge in [0.05, 0.1) is 11.6 Å². The highest BCUT2D eigenvalue weighted by molar-refractivity contribution is 7.07. The molecule has 6 heteroatoms. The molecule has 0 spiro atoms. The van der Waals surface area contributed by atoms with E-state index in [2.05, 4.69) is 33.4 Å². The first-order valence-corrected chi connectivity index (χ1v) is 8.70. The van der Waals surface area contributed by atoms with Gasteiger partial charge in [0, 0.05) is 13.6 Å². The van der Waals surface area contributed by atoms with Crippen LogP contribution in [0.2, 0.25) is 0 Å². The minimum Gasteiger partial charge on any atom is -0.312 e. The van der Waals surface area contributed by atoms with Gasteiger partial charge in [-0.15, -0.1) is 11.6 Å². The van der Waals surface area contributed by atoms with Gasteiger partial charge in [0.2, 0.25) is 0 Å². The molecular weight excluding hydrogens is 304 g/mol. The van der Waals surface area contributed by atoms with E-state index in [1.54, 1.807) is 11.3 Å². The zero-order valence-electron chi connectivity index (χ0n) is 12.3. The summed E-state index contributed by atoms with van der Waals surface area (Å²) in [6.07, 6.45) is 3.03. The molecule has 0 radical (unpaired) electrons. The minimum absolute atomic E-state index is 0.434. The molecule has 4 nitrogen and oxygen atoms in total. The van der Waals surface area contributed by atoms with E-state index in [9.17, 15) is 0 Å². The Labute approximate surface area is 133 Å². The third kappa shape index (κ3) is 2.72. The average molecular weight is 323 g/mol. The van der Waals surface area contributed by atoms with Gasteiger partial charge in [-0.3, -0.25) is 4.68 Å². The Morgan fingerprint density at radius 1 is 1.33 bits per heavy atom. The molecule has 0 aliphatic carbocycles. The fraction of sp³-hybridized carbons (Fsp3) is 0.467. The molecule has 0 amide bonds. The van der Waals surface area contributed by atoms with E-state index >= 15 is 0 Å². The van der Waals surface area contributed by atoms with Gasteiger partial charge in [-0.25, -0.2) is 4.98 Å². The number of hydrogen-bond donors (Lipinski definition) is 0. The van der Waals surface area contributed by atoms with Crippen molar-refractivity contribution in [3.8, 4) is 0 Å². The zero-order chi connectivity index (χ0) is 14.8. The van der Waals surface area contributed by atoms with Crippen LogP contribution in [-0.2, 0) is 32.3 Å². The molecule has 0 unspecified atom stereocenters. The minimum atomic E-state index is 0.434. The predicted molar refractivity (Wildman–Crippen MR) is 88.1 cm³/mol. The van der Waals surface area contributed by atoms with Crippen molar-refractivity contribution in [2.24, 2.45) is 7.05 Å². The highest BCUT2D eigenvalue weighted by Gasteiger charge is 2.18. The van der Waals surface area contributed by atoms with Crippen molar-refractivity contribution in [3.05, 3.63) is 33.9 Å². The van der Waals surface area contributed by atoms with Gasteiger partial charge in [0.1, 0.15) is 11.3 Å². The van der Waals surface area contributed by atoms with Crippen LogP contribution in [0.4, 0.5) is 0 Å². The summed E-state index contributed by atoms with van der Waals surface area (Å²) in [7, 11) is 1.99. The zero-order valence-corrected chi connectivity index (χ0v) is 13.9. The lowest BCUT2D eigenvalue weighted by atomic mass is 10.2. The summed E-state index contributed by atoms with van der Waals surface area (Å²) in [5.74, 6) is 1.37. The second kappa shape index (κ2) is 6.20. The Kier molecular flexibility index (Phi) is 4.31. The van der Waals surface area contributed by atoms with Crippen molar-refractivity contribution < 1.29 is 0 Å². The number of imidazole rings is 1.